The maximum absolute atomic E-state index is 4.30. The summed E-state index contributed by atoms with van der Waals surface area (Å²) in [5.41, 5.74) is 3.56. The molecule has 0 amide bonds. The van der Waals surface area contributed by atoms with Crippen LogP contribution in [-0.4, -0.2) is 19.6 Å². The molecule has 5 heteroatoms. The van der Waals surface area contributed by atoms with E-state index in [0.717, 1.165) is 11.4 Å². The van der Waals surface area contributed by atoms with E-state index >= 15 is 0 Å². The van der Waals surface area contributed by atoms with Crippen LogP contribution in [0.2, 0.25) is 0 Å². The van der Waals surface area contributed by atoms with Gasteiger partial charge in [-0.15, -0.1) is 11.8 Å². The van der Waals surface area contributed by atoms with Gasteiger partial charge in [0.25, 0.3) is 5.78 Å². The predicted molar refractivity (Wildman–Crippen MR) is 65.8 cm³/mol. The minimum Gasteiger partial charge on any atom is -0.219 e. The van der Waals surface area contributed by atoms with Gasteiger partial charge in [0.05, 0.1) is 5.69 Å². The summed E-state index contributed by atoms with van der Waals surface area (Å²) in [7, 11) is 0. The van der Waals surface area contributed by atoms with Gasteiger partial charge in [0.2, 0.25) is 0 Å². The lowest BCUT2D eigenvalue weighted by Gasteiger charge is -2.18. The number of aromatic nitrogens is 4. The fourth-order valence-electron chi connectivity index (χ4n) is 2.15. The molecule has 0 atom stereocenters. The highest BCUT2D eigenvalue weighted by Gasteiger charge is 2.20. The van der Waals surface area contributed by atoms with Crippen molar-refractivity contribution in [3.8, 4) is 11.3 Å². The first kappa shape index (κ1) is 9.18. The van der Waals surface area contributed by atoms with Crippen LogP contribution in [0.3, 0.4) is 0 Å². The molecule has 17 heavy (non-hydrogen) atoms. The fraction of sp³-hybridized carbons (Fsp3) is 0.0833. The SMILES string of the molecule is c1ccc2c(c1)SCc1cnc3ncnn3c1-2. The predicted octanol–water partition coefficient (Wildman–Crippen LogP) is 2.40. The summed E-state index contributed by atoms with van der Waals surface area (Å²) in [6.07, 6.45) is 3.45. The molecule has 0 saturated carbocycles. The molecule has 0 spiro atoms. The van der Waals surface area contributed by atoms with E-state index in [4.69, 9.17) is 0 Å². The largest absolute Gasteiger partial charge is 0.252 e. The topological polar surface area (TPSA) is 43.1 Å². The van der Waals surface area contributed by atoms with Gasteiger partial charge >= 0.3 is 0 Å². The van der Waals surface area contributed by atoms with Crippen LogP contribution in [0.5, 0.6) is 0 Å². The van der Waals surface area contributed by atoms with Gasteiger partial charge in [-0.05, 0) is 6.07 Å². The average Bonchev–Trinajstić information content (AvgIpc) is 2.86. The maximum atomic E-state index is 4.30. The summed E-state index contributed by atoms with van der Waals surface area (Å²) in [6.45, 7) is 0. The molecule has 3 heterocycles. The molecule has 0 unspecified atom stereocenters. The minimum atomic E-state index is 0.658. The Bertz CT molecular complexity index is 719. The van der Waals surface area contributed by atoms with Gasteiger partial charge in [-0.1, -0.05) is 18.2 Å². The second-order valence-corrected chi connectivity index (χ2v) is 4.91. The van der Waals surface area contributed by atoms with Gasteiger partial charge in [-0.2, -0.15) is 14.6 Å². The summed E-state index contributed by atoms with van der Waals surface area (Å²) in [5.74, 6) is 1.60. The standard InChI is InChI=1S/C12H8N4S/c1-2-4-10-9(3-1)11-8(6-17-10)5-13-12-14-7-15-16(11)12/h1-5,7H,6H2. The zero-order valence-electron chi connectivity index (χ0n) is 8.87. The highest BCUT2D eigenvalue weighted by Crippen LogP contribution is 2.40. The van der Waals surface area contributed by atoms with Crippen molar-refractivity contribution >= 4 is 17.5 Å². The Morgan fingerprint density at radius 2 is 2.12 bits per heavy atom. The Morgan fingerprint density at radius 3 is 3.12 bits per heavy atom. The van der Waals surface area contributed by atoms with E-state index < -0.39 is 0 Å². The van der Waals surface area contributed by atoms with E-state index in [1.807, 2.05) is 22.5 Å². The fourth-order valence-corrected chi connectivity index (χ4v) is 3.17. The number of hydrogen-bond donors (Lipinski definition) is 0. The molecule has 1 aliphatic heterocycles. The van der Waals surface area contributed by atoms with Gasteiger partial charge in [-0.25, -0.2) is 4.98 Å². The minimum absolute atomic E-state index is 0.658. The molecule has 1 aliphatic rings. The monoisotopic (exact) mass is 240 g/mol. The number of rotatable bonds is 0. The van der Waals surface area contributed by atoms with Gasteiger partial charge < -0.3 is 0 Å². The van der Waals surface area contributed by atoms with E-state index in [-0.39, 0.29) is 0 Å². The van der Waals surface area contributed by atoms with Crippen LogP contribution >= 0.6 is 11.8 Å². The number of nitrogens with zero attached hydrogens (tertiary/aromatic N) is 4. The molecule has 4 rings (SSSR count). The molecule has 82 valence electrons. The Labute approximate surface area is 102 Å². The summed E-state index contributed by atoms with van der Waals surface area (Å²) >= 11 is 1.84. The first-order valence-electron chi connectivity index (χ1n) is 5.33. The van der Waals surface area contributed by atoms with Crippen LogP contribution < -0.4 is 0 Å². The molecule has 0 N–H and O–H groups in total. The third kappa shape index (κ3) is 1.23. The van der Waals surface area contributed by atoms with E-state index in [1.165, 1.54) is 16.0 Å². The lowest BCUT2D eigenvalue weighted by atomic mass is 10.1. The van der Waals surface area contributed by atoms with E-state index in [2.05, 4.69) is 39.3 Å². The van der Waals surface area contributed by atoms with Crippen molar-refractivity contribution in [3.05, 3.63) is 42.4 Å². The number of thioether (sulfide) groups is 1. The highest BCUT2D eigenvalue weighted by atomic mass is 32.2. The normalized spacial score (nSPS) is 13.4. The number of benzene rings is 1. The Morgan fingerprint density at radius 1 is 1.18 bits per heavy atom. The third-order valence-corrected chi connectivity index (χ3v) is 4.03. The lowest BCUT2D eigenvalue weighted by molar-refractivity contribution is 0.928. The van der Waals surface area contributed by atoms with Crippen LogP contribution in [0.4, 0.5) is 0 Å². The zero-order chi connectivity index (χ0) is 11.2. The van der Waals surface area contributed by atoms with Crippen molar-refractivity contribution in [3.63, 3.8) is 0 Å². The van der Waals surface area contributed by atoms with E-state index in [0.29, 0.717) is 5.78 Å². The number of fused-ring (bicyclic) bond motifs is 5. The molecule has 0 bridgehead atoms. The quantitative estimate of drug-likeness (QED) is 0.605. The third-order valence-electron chi connectivity index (χ3n) is 2.91. The summed E-state index contributed by atoms with van der Waals surface area (Å²) < 4.78 is 1.83. The van der Waals surface area contributed by atoms with Crippen molar-refractivity contribution in [2.75, 3.05) is 0 Å². The molecular formula is C12H8N4S. The molecule has 1 aromatic carbocycles. The smallest absolute Gasteiger partial charge is 0.219 e. The van der Waals surface area contributed by atoms with Gasteiger partial charge in [0.15, 0.2) is 0 Å². The van der Waals surface area contributed by atoms with Crippen molar-refractivity contribution in [1.29, 1.82) is 0 Å². The average molecular weight is 240 g/mol. The number of hydrogen-bond acceptors (Lipinski definition) is 4. The van der Waals surface area contributed by atoms with Crippen molar-refractivity contribution in [1.82, 2.24) is 19.6 Å². The molecular weight excluding hydrogens is 232 g/mol. The van der Waals surface area contributed by atoms with Gasteiger partial charge in [0.1, 0.15) is 6.33 Å². The van der Waals surface area contributed by atoms with E-state index in [9.17, 15) is 0 Å². The van der Waals surface area contributed by atoms with Crippen LogP contribution in [0.15, 0.2) is 41.7 Å². The Hall–Kier alpha value is -1.88. The molecule has 4 nitrogen and oxygen atoms in total. The molecule has 3 aromatic rings. The van der Waals surface area contributed by atoms with Crippen molar-refractivity contribution in [2.45, 2.75) is 10.6 Å². The molecule has 0 saturated heterocycles. The summed E-state index contributed by atoms with van der Waals surface area (Å²) in [6, 6.07) is 8.39. The van der Waals surface area contributed by atoms with Crippen LogP contribution in [-0.2, 0) is 5.75 Å². The van der Waals surface area contributed by atoms with Crippen LogP contribution in [0.1, 0.15) is 5.56 Å². The second kappa shape index (κ2) is 3.30. The summed E-state index contributed by atoms with van der Waals surface area (Å²) in [4.78, 5) is 9.73. The van der Waals surface area contributed by atoms with Crippen LogP contribution in [0.25, 0.3) is 17.0 Å². The van der Waals surface area contributed by atoms with E-state index in [1.54, 1.807) is 6.33 Å². The zero-order valence-corrected chi connectivity index (χ0v) is 9.68. The van der Waals surface area contributed by atoms with Crippen molar-refractivity contribution in [2.24, 2.45) is 0 Å². The van der Waals surface area contributed by atoms with Crippen molar-refractivity contribution < 1.29 is 0 Å². The Kier molecular flexibility index (Phi) is 1.78. The summed E-state index contributed by atoms with van der Waals surface area (Å²) in [5, 5.41) is 4.26. The molecule has 0 radical (unpaired) electrons. The van der Waals surface area contributed by atoms with Crippen LogP contribution in [0, 0.1) is 0 Å². The maximum Gasteiger partial charge on any atom is 0.252 e. The second-order valence-electron chi connectivity index (χ2n) is 3.89. The Balaban J connectivity index is 2.16. The van der Waals surface area contributed by atoms with Gasteiger partial charge in [-0.3, -0.25) is 0 Å². The molecule has 0 aliphatic carbocycles. The van der Waals surface area contributed by atoms with Gasteiger partial charge in [0, 0.05) is 28.0 Å². The first-order chi connectivity index (χ1) is 8.43. The lowest BCUT2D eigenvalue weighted by Crippen LogP contribution is -2.05. The molecule has 0 fully saturated rings. The first-order valence-corrected chi connectivity index (χ1v) is 6.32. The highest BCUT2D eigenvalue weighted by molar-refractivity contribution is 7.98. The molecule has 2 aromatic heterocycles.